The van der Waals surface area contributed by atoms with E-state index in [1.807, 2.05) is 33.9 Å². The summed E-state index contributed by atoms with van der Waals surface area (Å²) in [6.07, 6.45) is 9.05. The number of nitrogens with zero attached hydrogens (tertiary/aromatic N) is 4. The van der Waals surface area contributed by atoms with Gasteiger partial charge in [-0.3, -0.25) is 9.36 Å². The Labute approximate surface area is 118 Å². The van der Waals surface area contributed by atoms with E-state index in [1.54, 1.807) is 12.4 Å². The average Bonchev–Trinajstić information content (AvgIpc) is 3.13. The van der Waals surface area contributed by atoms with Gasteiger partial charge in [0.05, 0.1) is 0 Å². The molecule has 0 bridgehead atoms. The SMILES string of the molecule is O=C(NCCCn1cccn1)NCCCn1cccn1. The number of aryl methyl sites for hydroxylation is 2. The van der Waals surface area contributed by atoms with Crippen molar-refractivity contribution in [1.29, 1.82) is 0 Å². The fraction of sp³-hybridized carbons (Fsp3) is 0.462. The standard InChI is InChI=1S/C13H20N6O/c20-13(14-5-1-9-18-11-3-7-16-18)15-6-2-10-19-12-4-8-17-19/h3-4,7-8,11-12H,1-2,5-6,9-10H2,(H2,14,15,20). The van der Waals surface area contributed by atoms with E-state index in [9.17, 15) is 4.79 Å². The summed E-state index contributed by atoms with van der Waals surface area (Å²) in [6.45, 7) is 2.91. The third kappa shape index (κ3) is 5.13. The molecular formula is C13H20N6O. The first kappa shape index (κ1) is 14.1. The zero-order valence-electron chi connectivity index (χ0n) is 11.4. The second-order valence-electron chi connectivity index (χ2n) is 4.43. The molecule has 0 aliphatic carbocycles. The van der Waals surface area contributed by atoms with Crippen molar-refractivity contribution in [3.05, 3.63) is 36.9 Å². The topological polar surface area (TPSA) is 76.8 Å². The van der Waals surface area contributed by atoms with Gasteiger partial charge in [-0.2, -0.15) is 10.2 Å². The summed E-state index contributed by atoms with van der Waals surface area (Å²) in [5.74, 6) is 0. The number of carbonyl (C=O) groups excluding carboxylic acids is 1. The lowest BCUT2D eigenvalue weighted by molar-refractivity contribution is 0.240. The largest absolute Gasteiger partial charge is 0.338 e. The molecule has 0 unspecified atom stereocenters. The molecule has 0 aromatic carbocycles. The number of amides is 2. The predicted octanol–water partition coefficient (Wildman–Crippen LogP) is 0.859. The van der Waals surface area contributed by atoms with Crippen LogP contribution in [0, 0.1) is 0 Å². The van der Waals surface area contributed by atoms with Gasteiger partial charge in [-0.25, -0.2) is 4.79 Å². The van der Waals surface area contributed by atoms with Crippen LogP contribution < -0.4 is 10.6 Å². The van der Waals surface area contributed by atoms with Crippen molar-refractivity contribution < 1.29 is 4.79 Å². The van der Waals surface area contributed by atoms with E-state index in [2.05, 4.69) is 20.8 Å². The van der Waals surface area contributed by atoms with Gasteiger partial charge in [-0.1, -0.05) is 0 Å². The Morgan fingerprint density at radius 3 is 1.80 bits per heavy atom. The van der Waals surface area contributed by atoms with Crippen LogP contribution in [0.1, 0.15) is 12.8 Å². The molecule has 0 fully saturated rings. The third-order valence-electron chi connectivity index (χ3n) is 2.82. The van der Waals surface area contributed by atoms with Crippen LogP contribution >= 0.6 is 0 Å². The quantitative estimate of drug-likeness (QED) is 0.702. The molecule has 0 spiro atoms. The molecule has 2 amide bonds. The molecule has 108 valence electrons. The molecular weight excluding hydrogens is 256 g/mol. The van der Waals surface area contributed by atoms with Crippen LogP contribution in [0.25, 0.3) is 0 Å². The lowest BCUT2D eigenvalue weighted by Crippen LogP contribution is -2.37. The van der Waals surface area contributed by atoms with Crippen molar-refractivity contribution >= 4 is 6.03 Å². The van der Waals surface area contributed by atoms with Crippen molar-refractivity contribution in [2.24, 2.45) is 0 Å². The molecule has 7 heteroatoms. The van der Waals surface area contributed by atoms with Gasteiger partial charge < -0.3 is 10.6 Å². The van der Waals surface area contributed by atoms with Gasteiger partial charge in [0.15, 0.2) is 0 Å². The molecule has 2 aromatic heterocycles. The van der Waals surface area contributed by atoms with E-state index in [1.165, 1.54) is 0 Å². The summed E-state index contributed by atoms with van der Waals surface area (Å²) < 4.78 is 3.70. The van der Waals surface area contributed by atoms with Crippen molar-refractivity contribution in [3.63, 3.8) is 0 Å². The monoisotopic (exact) mass is 276 g/mol. The van der Waals surface area contributed by atoms with E-state index in [0.29, 0.717) is 13.1 Å². The first-order chi connectivity index (χ1) is 9.84. The average molecular weight is 276 g/mol. The number of carbonyl (C=O) groups is 1. The van der Waals surface area contributed by atoms with Crippen LogP contribution in [0.5, 0.6) is 0 Å². The second-order valence-corrected chi connectivity index (χ2v) is 4.43. The lowest BCUT2D eigenvalue weighted by atomic mass is 10.4. The predicted molar refractivity (Wildman–Crippen MR) is 75.1 cm³/mol. The van der Waals surface area contributed by atoms with Crippen LogP contribution in [0.2, 0.25) is 0 Å². The highest BCUT2D eigenvalue weighted by atomic mass is 16.2. The van der Waals surface area contributed by atoms with E-state index >= 15 is 0 Å². The molecule has 0 saturated carbocycles. The van der Waals surface area contributed by atoms with Gasteiger partial charge in [-0.15, -0.1) is 0 Å². The van der Waals surface area contributed by atoms with Gasteiger partial charge in [0.2, 0.25) is 0 Å². The van der Waals surface area contributed by atoms with Gasteiger partial charge in [0, 0.05) is 51.0 Å². The van der Waals surface area contributed by atoms with Crippen LogP contribution in [0.3, 0.4) is 0 Å². The van der Waals surface area contributed by atoms with E-state index in [4.69, 9.17) is 0 Å². The number of aromatic nitrogens is 4. The summed E-state index contributed by atoms with van der Waals surface area (Å²) in [5, 5.41) is 13.8. The summed E-state index contributed by atoms with van der Waals surface area (Å²) in [5.41, 5.74) is 0. The molecule has 2 N–H and O–H groups in total. The third-order valence-corrected chi connectivity index (χ3v) is 2.82. The van der Waals surface area contributed by atoms with Crippen molar-refractivity contribution in [2.45, 2.75) is 25.9 Å². The molecule has 2 rings (SSSR count). The molecule has 7 nitrogen and oxygen atoms in total. The summed E-state index contributed by atoms with van der Waals surface area (Å²) >= 11 is 0. The molecule has 0 radical (unpaired) electrons. The highest BCUT2D eigenvalue weighted by Gasteiger charge is 1.99. The van der Waals surface area contributed by atoms with Crippen LogP contribution in [0.15, 0.2) is 36.9 Å². The fourth-order valence-electron chi connectivity index (χ4n) is 1.81. The first-order valence-corrected chi connectivity index (χ1v) is 6.81. The minimum absolute atomic E-state index is 0.120. The zero-order chi connectivity index (χ0) is 14.0. The van der Waals surface area contributed by atoms with Crippen molar-refractivity contribution in [2.75, 3.05) is 13.1 Å². The minimum Gasteiger partial charge on any atom is -0.338 e. The van der Waals surface area contributed by atoms with Gasteiger partial charge in [0.25, 0.3) is 0 Å². The Morgan fingerprint density at radius 2 is 1.40 bits per heavy atom. The number of urea groups is 1. The highest BCUT2D eigenvalue weighted by molar-refractivity contribution is 5.73. The van der Waals surface area contributed by atoms with E-state index in [0.717, 1.165) is 25.9 Å². The smallest absolute Gasteiger partial charge is 0.314 e. The fourth-order valence-corrected chi connectivity index (χ4v) is 1.81. The Bertz CT molecular complexity index is 435. The van der Waals surface area contributed by atoms with Gasteiger partial charge in [-0.05, 0) is 25.0 Å². The zero-order valence-corrected chi connectivity index (χ0v) is 11.4. The van der Waals surface area contributed by atoms with E-state index < -0.39 is 0 Å². The Hall–Kier alpha value is -2.31. The van der Waals surface area contributed by atoms with Crippen molar-refractivity contribution in [1.82, 2.24) is 30.2 Å². The number of rotatable bonds is 8. The minimum atomic E-state index is -0.120. The van der Waals surface area contributed by atoms with Crippen LogP contribution in [-0.2, 0) is 13.1 Å². The molecule has 2 aromatic rings. The Balaban J connectivity index is 1.46. The first-order valence-electron chi connectivity index (χ1n) is 6.81. The van der Waals surface area contributed by atoms with Crippen molar-refractivity contribution in [3.8, 4) is 0 Å². The highest BCUT2D eigenvalue weighted by Crippen LogP contribution is 1.89. The van der Waals surface area contributed by atoms with E-state index in [-0.39, 0.29) is 6.03 Å². The number of hydrogen-bond acceptors (Lipinski definition) is 3. The number of nitrogens with one attached hydrogen (secondary N) is 2. The second kappa shape index (κ2) is 7.98. The Morgan fingerprint density at radius 1 is 0.900 bits per heavy atom. The van der Waals surface area contributed by atoms with Crippen LogP contribution in [0.4, 0.5) is 4.79 Å². The van der Waals surface area contributed by atoms with Crippen LogP contribution in [-0.4, -0.2) is 38.7 Å². The molecule has 2 heterocycles. The van der Waals surface area contributed by atoms with Gasteiger partial charge >= 0.3 is 6.03 Å². The molecule has 0 saturated heterocycles. The maximum Gasteiger partial charge on any atom is 0.314 e. The molecule has 0 atom stereocenters. The molecule has 20 heavy (non-hydrogen) atoms. The summed E-state index contributed by atoms with van der Waals surface area (Å²) in [7, 11) is 0. The van der Waals surface area contributed by atoms with Gasteiger partial charge in [0.1, 0.15) is 0 Å². The normalized spacial score (nSPS) is 10.4. The summed E-state index contributed by atoms with van der Waals surface area (Å²) in [6, 6.07) is 3.66. The maximum atomic E-state index is 11.5. The Kier molecular flexibility index (Phi) is 5.63. The maximum absolute atomic E-state index is 11.5. The molecule has 0 aliphatic rings. The lowest BCUT2D eigenvalue weighted by Gasteiger charge is -2.07. The molecule has 0 aliphatic heterocycles. The summed E-state index contributed by atoms with van der Waals surface area (Å²) in [4.78, 5) is 11.5. The number of hydrogen-bond donors (Lipinski definition) is 2.